The second-order valence-electron chi connectivity index (χ2n) is 14.5. The minimum Gasteiger partial charge on any atom is -0.393 e. The Bertz CT molecular complexity index is 1600. The highest BCUT2D eigenvalue weighted by atomic mass is 32.2. The second-order valence-corrected chi connectivity index (χ2v) is 15.5. The van der Waals surface area contributed by atoms with Crippen molar-refractivity contribution in [3.8, 4) is 0 Å². The summed E-state index contributed by atoms with van der Waals surface area (Å²) in [7, 11) is 2.03. The first kappa shape index (κ1) is 28.1. The van der Waals surface area contributed by atoms with Gasteiger partial charge in [0.15, 0.2) is 5.16 Å². The number of fused-ring (bicyclic) bond motifs is 7. The smallest absolute Gasteiger partial charge is 0.169 e. The van der Waals surface area contributed by atoms with E-state index in [-0.39, 0.29) is 22.7 Å². The van der Waals surface area contributed by atoms with Crippen molar-refractivity contribution in [2.45, 2.75) is 82.5 Å². The van der Waals surface area contributed by atoms with Gasteiger partial charge in [-0.2, -0.15) is 5.10 Å². The molecule has 1 aliphatic heterocycles. The summed E-state index contributed by atoms with van der Waals surface area (Å²) in [6, 6.07) is 8.56. The summed E-state index contributed by atoms with van der Waals surface area (Å²) in [6.45, 7) is 6.37. The summed E-state index contributed by atoms with van der Waals surface area (Å²) in [6.07, 6.45) is 12.1. The molecular weight excluding hydrogens is 556 g/mol. The van der Waals surface area contributed by atoms with E-state index < -0.39 is 6.10 Å². The molecule has 8 heteroatoms. The molecule has 7 atom stereocenters. The van der Waals surface area contributed by atoms with Crippen LogP contribution in [0.4, 0.5) is 0 Å². The van der Waals surface area contributed by atoms with Crippen LogP contribution in [-0.2, 0) is 23.0 Å². The highest BCUT2D eigenvalue weighted by Gasteiger charge is 2.63. The van der Waals surface area contributed by atoms with Gasteiger partial charge in [-0.1, -0.05) is 43.3 Å². The van der Waals surface area contributed by atoms with E-state index in [4.69, 9.17) is 14.8 Å². The number of carbonyl (C=O) groups excluding carboxylic acids is 1. The molecule has 3 saturated carbocycles. The quantitative estimate of drug-likeness (QED) is 0.349. The van der Waals surface area contributed by atoms with Gasteiger partial charge < -0.3 is 14.4 Å². The number of nitrogens with zero attached hydrogens (tertiary/aromatic N) is 4. The predicted molar refractivity (Wildman–Crippen MR) is 169 cm³/mol. The first-order valence-electron chi connectivity index (χ1n) is 16.4. The van der Waals surface area contributed by atoms with Crippen molar-refractivity contribution >= 4 is 34.7 Å². The maximum absolute atomic E-state index is 13.9. The van der Waals surface area contributed by atoms with Crippen molar-refractivity contribution in [2.24, 2.45) is 41.5 Å². The third-order valence-electron chi connectivity index (χ3n) is 12.5. The second kappa shape index (κ2) is 10.3. The summed E-state index contributed by atoms with van der Waals surface area (Å²) in [5, 5.41) is 17.8. The summed E-state index contributed by atoms with van der Waals surface area (Å²) in [5.74, 6) is 1.95. The van der Waals surface area contributed by atoms with Gasteiger partial charge in [0.25, 0.3) is 0 Å². The van der Waals surface area contributed by atoms with Crippen molar-refractivity contribution in [2.75, 3.05) is 19.0 Å². The van der Waals surface area contributed by atoms with Gasteiger partial charge in [-0.05, 0) is 104 Å². The number of thioether (sulfide) groups is 1. The van der Waals surface area contributed by atoms with E-state index in [1.165, 1.54) is 16.8 Å². The molecule has 0 bridgehead atoms. The first-order valence-corrected chi connectivity index (χ1v) is 17.4. The van der Waals surface area contributed by atoms with Gasteiger partial charge in [0, 0.05) is 26.2 Å². The first-order chi connectivity index (χ1) is 20.8. The maximum atomic E-state index is 13.9. The molecule has 0 spiro atoms. The van der Waals surface area contributed by atoms with Crippen LogP contribution < -0.4 is 0 Å². The molecule has 0 radical (unpaired) electrons. The number of ketones is 1. The molecular formula is C35H44N4O3S. The van der Waals surface area contributed by atoms with Crippen LogP contribution >= 0.6 is 11.8 Å². The number of para-hydroxylation sites is 2. The van der Waals surface area contributed by atoms with Crippen molar-refractivity contribution < 1.29 is 14.6 Å². The lowest BCUT2D eigenvalue weighted by atomic mass is 9.46. The van der Waals surface area contributed by atoms with Crippen molar-refractivity contribution in [3.05, 3.63) is 47.3 Å². The van der Waals surface area contributed by atoms with Crippen LogP contribution in [0.3, 0.4) is 0 Å². The Morgan fingerprint density at radius 3 is 2.77 bits per heavy atom. The summed E-state index contributed by atoms with van der Waals surface area (Å²) in [4.78, 5) is 18.6. The monoisotopic (exact) mass is 600 g/mol. The fourth-order valence-corrected chi connectivity index (χ4v) is 11.4. The molecule has 1 saturated heterocycles. The Hall–Kier alpha value is -2.42. The molecule has 1 aromatic carbocycles. The molecule has 1 N–H and O–H groups in total. The molecule has 228 valence electrons. The number of aromatic nitrogens is 4. The fourth-order valence-electron chi connectivity index (χ4n) is 10.4. The van der Waals surface area contributed by atoms with E-state index in [1.807, 2.05) is 25.2 Å². The highest BCUT2D eigenvalue weighted by molar-refractivity contribution is 7.99. The molecule has 4 aliphatic carbocycles. The van der Waals surface area contributed by atoms with Crippen LogP contribution in [0, 0.1) is 34.5 Å². The standard InChI is InChI=1S/C35H44N4O3S/c1-34-17-21-19-36-39(23-12-14-42-15-13-23)29(21)16-22(34)8-9-24-25-10-11-26(35(25,2)18-30(40)32(24)34)31(41)20-43-33-37-27-6-4-5-7-28(27)38(33)3/h4-7,16,19,23-26,30,32,40H,8-15,17-18,20H2,1-3H3. The molecule has 5 aliphatic rings. The Balaban J connectivity index is 1.02. The van der Waals surface area contributed by atoms with E-state index in [2.05, 4.69) is 41.4 Å². The number of hydrogen-bond donors (Lipinski definition) is 1. The molecule has 7 nitrogen and oxygen atoms in total. The van der Waals surface area contributed by atoms with Gasteiger partial charge in [-0.3, -0.25) is 9.48 Å². The van der Waals surface area contributed by atoms with Crippen LogP contribution in [-0.4, -0.2) is 55.3 Å². The summed E-state index contributed by atoms with van der Waals surface area (Å²) in [5.41, 5.74) is 5.99. The molecule has 43 heavy (non-hydrogen) atoms. The van der Waals surface area contributed by atoms with Crippen molar-refractivity contribution in [1.82, 2.24) is 19.3 Å². The topological polar surface area (TPSA) is 82.2 Å². The average Bonchev–Trinajstić information content (AvgIpc) is 3.67. The van der Waals surface area contributed by atoms with E-state index in [0.717, 1.165) is 80.8 Å². The molecule has 2 aromatic heterocycles. The number of aliphatic hydroxyl groups is 1. The summed E-state index contributed by atoms with van der Waals surface area (Å²) >= 11 is 1.57. The third-order valence-corrected chi connectivity index (χ3v) is 13.5. The highest BCUT2D eigenvalue weighted by Crippen LogP contribution is 2.66. The van der Waals surface area contributed by atoms with Crippen molar-refractivity contribution in [3.63, 3.8) is 0 Å². The number of Topliss-reactive ketones (excluding diaryl/α,β-unsaturated/α-hetero) is 1. The van der Waals surface area contributed by atoms with E-state index in [0.29, 0.717) is 29.4 Å². The minimum atomic E-state index is -0.395. The zero-order valence-corrected chi connectivity index (χ0v) is 26.5. The molecule has 8 rings (SSSR count). The van der Waals surface area contributed by atoms with Gasteiger partial charge in [0.2, 0.25) is 0 Å². The van der Waals surface area contributed by atoms with Gasteiger partial charge in [0.05, 0.1) is 40.8 Å². The van der Waals surface area contributed by atoms with E-state index in [9.17, 15) is 9.90 Å². The van der Waals surface area contributed by atoms with Gasteiger partial charge >= 0.3 is 0 Å². The number of ether oxygens (including phenoxy) is 1. The lowest BCUT2D eigenvalue weighted by Crippen LogP contribution is -2.57. The number of aryl methyl sites for hydroxylation is 1. The minimum absolute atomic E-state index is 0.00990. The van der Waals surface area contributed by atoms with Crippen LogP contribution in [0.5, 0.6) is 0 Å². The Kier molecular flexibility index (Phi) is 6.73. The Labute approximate surface area is 258 Å². The number of benzene rings is 1. The average molecular weight is 601 g/mol. The number of allylic oxidation sites excluding steroid dienone is 1. The molecule has 3 heterocycles. The van der Waals surface area contributed by atoms with E-state index in [1.54, 1.807) is 11.8 Å². The SMILES string of the molecule is Cn1c(SCC(=O)C2CCC3C4CCC5=Cc6c(cnn6C6CCOCC6)CC5(C)C4C(O)CC23C)nc2ccccc21. The number of aliphatic hydroxyl groups excluding tert-OH is 1. The maximum Gasteiger partial charge on any atom is 0.169 e. The zero-order chi connectivity index (χ0) is 29.5. The molecule has 3 aromatic rings. The van der Waals surface area contributed by atoms with Crippen LogP contribution in [0.1, 0.15) is 76.1 Å². The number of rotatable bonds is 5. The number of hydrogen-bond acceptors (Lipinski definition) is 6. The van der Waals surface area contributed by atoms with Gasteiger partial charge in [-0.15, -0.1) is 0 Å². The van der Waals surface area contributed by atoms with Crippen LogP contribution in [0.2, 0.25) is 0 Å². The van der Waals surface area contributed by atoms with E-state index >= 15 is 0 Å². The number of carbonyl (C=O) groups is 1. The Morgan fingerprint density at radius 1 is 1.14 bits per heavy atom. The zero-order valence-electron chi connectivity index (χ0n) is 25.7. The predicted octanol–water partition coefficient (Wildman–Crippen LogP) is 6.25. The normalized spacial score (nSPS) is 35.6. The number of imidazole rings is 1. The summed E-state index contributed by atoms with van der Waals surface area (Å²) < 4.78 is 9.98. The fraction of sp³-hybridized carbons (Fsp3) is 0.629. The molecule has 4 fully saturated rings. The molecule has 0 amide bonds. The Morgan fingerprint density at radius 2 is 1.95 bits per heavy atom. The lowest BCUT2D eigenvalue weighted by molar-refractivity contribution is -0.140. The van der Waals surface area contributed by atoms with Gasteiger partial charge in [0.1, 0.15) is 5.78 Å². The largest absolute Gasteiger partial charge is 0.393 e. The van der Waals surface area contributed by atoms with Gasteiger partial charge in [-0.25, -0.2) is 4.98 Å². The van der Waals surface area contributed by atoms with Crippen LogP contribution in [0.15, 0.2) is 41.2 Å². The lowest BCUT2D eigenvalue weighted by Gasteiger charge is -2.59. The van der Waals surface area contributed by atoms with Crippen LogP contribution in [0.25, 0.3) is 17.1 Å². The molecule has 7 unspecified atom stereocenters. The van der Waals surface area contributed by atoms with Crippen molar-refractivity contribution in [1.29, 1.82) is 0 Å². The third kappa shape index (κ3) is 4.26.